The van der Waals surface area contributed by atoms with Gasteiger partial charge in [0.05, 0.1) is 0 Å². The number of aromatic amines is 1. The predicted molar refractivity (Wildman–Crippen MR) is 71.4 cm³/mol. The van der Waals surface area contributed by atoms with E-state index < -0.39 is 0 Å². The molecule has 102 valence electrons. The molecule has 0 aliphatic carbocycles. The van der Waals surface area contributed by atoms with E-state index in [4.69, 9.17) is 0 Å². The average Bonchev–Trinajstić information content (AvgIpc) is 2.72. The molecule has 2 rings (SSSR count). The van der Waals surface area contributed by atoms with E-state index >= 15 is 0 Å². The minimum absolute atomic E-state index is 0.245. The number of carbonyl (C=O) groups is 1. The molecule has 0 aliphatic heterocycles. The summed E-state index contributed by atoms with van der Waals surface area (Å²) in [7, 11) is 3.86. The van der Waals surface area contributed by atoms with Crippen molar-refractivity contribution in [2.45, 2.75) is 6.92 Å². The highest BCUT2D eigenvalue weighted by Gasteiger charge is 2.12. The molecule has 0 saturated heterocycles. The molecule has 1 amide bonds. The van der Waals surface area contributed by atoms with Crippen LogP contribution in [-0.2, 0) is 0 Å². The fraction of sp³-hybridized carbons (Fsp3) is 0.417. The minimum atomic E-state index is -0.275. The highest BCUT2D eigenvalue weighted by atomic mass is 16.2. The highest BCUT2D eigenvalue weighted by molar-refractivity contribution is 5.93. The monoisotopic (exact) mass is 263 g/mol. The standard InChI is InChI=1S/C12H17N5O2/c1-8-7-17-10(12(19)14-8)6-9(15-17)11(18)13-4-5-16(2)3/h6-7H,4-5H2,1-3H3,(H,13,18)(H,14,19). The summed E-state index contributed by atoms with van der Waals surface area (Å²) in [4.78, 5) is 28.2. The highest BCUT2D eigenvalue weighted by Crippen LogP contribution is 2.02. The second-order valence-corrected chi connectivity index (χ2v) is 4.68. The predicted octanol–water partition coefficient (Wildman–Crippen LogP) is -0.378. The summed E-state index contributed by atoms with van der Waals surface area (Å²) < 4.78 is 1.43. The van der Waals surface area contributed by atoms with Crippen molar-refractivity contribution in [1.29, 1.82) is 0 Å². The number of rotatable bonds is 4. The van der Waals surface area contributed by atoms with Gasteiger partial charge in [-0.2, -0.15) is 5.10 Å². The van der Waals surface area contributed by atoms with Crippen LogP contribution in [0.3, 0.4) is 0 Å². The molecule has 2 aromatic rings. The van der Waals surface area contributed by atoms with E-state index in [-0.39, 0.29) is 17.2 Å². The Balaban J connectivity index is 2.19. The van der Waals surface area contributed by atoms with Gasteiger partial charge in [0.1, 0.15) is 5.52 Å². The third kappa shape index (κ3) is 3.00. The molecule has 2 heterocycles. The number of nitrogens with zero attached hydrogens (tertiary/aromatic N) is 3. The molecule has 0 aliphatic rings. The van der Waals surface area contributed by atoms with E-state index in [0.717, 1.165) is 6.54 Å². The van der Waals surface area contributed by atoms with Crippen LogP contribution in [0.4, 0.5) is 0 Å². The van der Waals surface area contributed by atoms with Crippen LogP contribution >= 0.6 is 0 Å². The van der Waals surface area contributed by atoms with E-state index in [0.29, 0.717) is 17.8 Å². The maximum absolute atomic E-state index is 11.9. The van der Waals surface area contributed by atoms with Crippen molar-refractivity contribution in [3.05, 3.63) is 34.0 Å². The number of likely N-dealkylation sites (N-methyl/N-ethyl adjacent to an activating group) is 1. The number of aromatic nitrogens is 3. The molecular formula is C12H17N5O2. The smallest absolute Gasteiger partial charge is 0.274 e. The Morgan fingerprint density at radius 3 is 2.95 bits per heavy atom. The van der Waals surface area contributed by atoms with Crippen LogP contribution in [0.5, 0.6) is 0 Å². The number of carbonyl (C=O) groups excluding carboxylic acids is 1. The number of H-pyrrole nitrogens is 1. The van der Waals surface area contributed by atoms with Crippen LogP contribution in [0, 0.1) is 6.92 Å². The SMILES string of the molecule is Cc1cn2nc(C(=O)NCCN(C)C)cc2c(=O)[nH]1. The Kier molecular flexibility index (Phi) is 3.66. The zero-order chi connectivity index (χ0) is 14.0. The van der Waals surface area contributed by atoms with Gasteiger partial charge in [-0.1, -0.05) is 0 Å². The van der Waals surface area contributed by atoms with Gasteiger partial charge in [-0.15, -0.1) is 0 Å². The number of amides is 1. The zero-order valence-corrected chi connectivity index (χ0v) is 11.2. The molecule has 0 radical (unpaired) electrons. The van der Waals surface area contributed by atoms with Crippen LogP contribution in [0.1, 0.15) is 16.2 Å². The maximum atomic E-state index is 11.9. The lowest BCUT2D eigenvalue weighted by Crippen LogP contribution is -2.31. The van der Waals surface area contributed by atoms with Crippen LogP contribution < -0.4 is 10.9 Å². The van der Waals surface area contributed by atoms with Crippen molar-refractivity contribution < 1.29 is 4.79 Å². The first-order valence-electron chi connectivity index (χ1n) is 5.99. The Morgan fingerprint density at radius 2 is 2.26 bits per heavy atom. The lowest BCUT2D eigenvalue weighted by Gasteiger charge is -2.09. The quantitative estimate of drug-likeness (QED) is 0.788. The van der Waals surface area contributed by atoms with Crippen LogP contribution in [0.25, 0.3) is 5.52 Å². The van der Waals surface area contributed by atoms with Gasteiger partial charge < -0.3 is 15.2 Å². The largest absolute Gasteiger partial charge is 0.349 e. The van der Waals surface area contributed by atoms with Gasteiger partial charge in [0.2, 0.25) is 0 Å². The third-order valence-electron chi connectivity index (χ3n) is 2.67. The number of aryl methyl sites for hydroxylation is 1. The van der Waals surface area contributed by atoms with Crippen molar-refractivity contribution in [3.63, 3.8) is 0 Å². The average molecular weight is 263 g/mol. The van der Waals surface area contributed by atoms with E-state index in [1.54, 1.807) is 13.1 Å². The van der Waals surface area contributed by atoms with Crippen molar-refractivity contribution in [3.8, 4) is 0 Å². The molecule has 0 saturated carbocycles. The Hall–Kier alpha value is -2.15. The summed E-state index contributed by atoms with van der Waals surface area (Å²) in [5.41, 5.74) is 1.05. The van der Waals surface area contributed by atoms with Gasteiger partial charge in [0.15, 0.2) is 5.69 Å². The molecule has 0 bridgehead atoms. The van der Waals surface area contributed by atoms with E-state index in [1.165, 1.54) is 10.6 Å². The lowest BCUT2D eigenvalue weighted by atomic mass is 10.3. The van der Waals surface area contributed by atoms with Gasteiger partial charge in [-0.3, -0.25) is 9.59 Å². The second kappa shape index (κ2) is 5.23. The first kappa shape index (κ1) is 13.3. The molecule has 0 fully saturated rings. The Morgan fingerprint density at radius 1 is 1.53 bits per heavy atom. The molecule has 2 N–H and O–H groups in total. The molecule has 7 nitrogen and oxygen atoms in total. The van der Waals surface area contributed by atoms with E-state index in [1.807, 2.05) is 19.0 Å². The summed E-state index contributed by atoms with van der Waals surface area (Å²) in [6.45, 7) is 3.05. The molecular weight excluding hydrogens is 246 g/mol. The maximum Gasteiger partial charge on any atom is 0.274 e. The number of fused-ring (bicyclic) bond motifs is 1. The number of nitrogens with one attached hydrogen (secondary N) is 2. The topological polar surface area (TPSA) is 82.5 Å². The second-order valence-electron chi connectivity index (χ2n) is 4.68. The number of hydrogen-bond acceptors (Lipinski definition) is 4. The van der Waals surface area contributed by atoms with Crippen molar-refractivity contribution in [2.24, 2.45) is 0 Å². The molecule has 0 atom stereocenters. The van der Waals surface area contributed by atoms with E-state index in [9.17, 15) is 9.59 Å². The Bertz CT molecular complexity index is 656. The fourth-order valence-electron chi connectivity index (χ4n) is 1.72. The first-order valence-corrected chi connectivity index (χ1v) is 5.99. The van der Waals surface area contributed by atoms with Crippen LogP contribution in [0.15, 0.2) is 17.1 Å². The molecule has 2 aromatic heterocycles. The summed E-state index contributed by atoms with van der Waals surface area (Å²) in [6.07, 6.45) is 1.67. The summed E-state index contributed by atoms with van der Waals surface area (Å²) in [5.74, 6) is -0.275. The zero-order valence-electron chi connectivity index (χ0n) is 11.2. The van der Waals surface area contributed by atoms with Crippen LogP contribution in [-0.4, -0.2) is 52.6 Å². The summed E-state index contributed by atoms with van der Waals surface area (Å²) in [5, 5.41) is 6.86. The van der Waals surface area contributed by atoms with Crippen LogP contribution in [0.2, 0.25) is 0 Å². The molecule has 0 unspecified atom stereocenters. The molecule has 0 spiro atoms. The third-order valence-corrected chi connectivity index (χ3v) is 2.67. The lowest BCUT2D eigenvalue weighted by molar-refractivity contribution is 0.0945. The van der Waals surface area contributed by atoms with Crippen molar-refractivity contribution in [2.75, 3.05) is 27.2 Å². The van der Waals surface area contributed by atoms with E-state index in [2.05, 4.69) is 15.4 Å². The minimum Gasteiger partial charge on any atom is -0.349 e. The molecule has 7 heteroatoms. The Labute approximate surface area is 110 Å². The fourth-order valence-corrected chi connectivity index (χ4v) is 1.72. The van der Waals surface area contributed by atoms with Gasteiger partial charge in [-0.25, -0.2) is 4.52 Å². The van der Waals surface area contributed by atoms with Gasteiger partial charge in [-0.05, 0) is 21.0 Å². The van der Waals surface area contributed by atoms with Crippen molar-refractivity contribution in [1.82, 2.24) is 24.8 Å². The molecule has 0 aromatic carbocycles. The van der Waals surface area contributed by atoms with Crippen molar-refractivity contribution >= 4 is 11.4 Å². The van der Waals surface area contributed by atoms with Gasteiger partial charge in [0.25, 0.3) is 11.5 Å². The molecule has 19 heavy (non-hydrogen) atoms. The van der Waals surface area contributed by atoms with Gasteiger partial charge >= 0.3 is 0 Å². The normalized spacial score (nSPS) is 11.2. The summed E-state index contributed by atoms with van der Waals surface area (Å²) >= 11 is 0. The van der Waals surface area contributed by atoms with Gasteiger partial charge in [0, 0.05) is 31.0 Å². The summed E-state index contributed by atoms with van der Waals surface area (Å²) in [6, 6.07) is 1.49. The first-order chi connectivity index (χ1) is 8.97. The number of hydrogen-bond donors (Lipinski definition) is 2.